The number of amides is 1. The van der Waals surface area contributed by atoms with Gasteiger partial charge in [0.05, 0.1) is 7.11 Å². The molecule has 0 bridgehead atoms. The molecule has 0 aromatic heterocycles. The molecule has 0 saturated heterocycles. The largest absolute Gasteiger partial charge is 0.573 e. The molecule has 1 aliphatic heterocycles. The van der Waals surface area contributed by atoms with Gasteiger partial charge in [-0.15, -0.1) is 13.2 Å². The molecule has 26 heavy (non-hydrogen) atoms. The predicted octanol–water partition coefficient (Wildman–Crippen LogP) is 4.50. The fourth-order valence-corrected chi connectivity index (χ4v) is 3.09. The minimum Gasteiger partial charge on any atom is -0.496 e. The lowest BCUT2D eigenvalue weighted by molar-refractivity contribution is -0.274. The molecule has 3 rings (SSSR count). The van der Waals surface area contributed by atoms with Crippen molar-refractivity contribution in [3.63, 3.8) is 0 Å². The maximum absolute atomic E-state index is 12.9. The molecule has 1 aliphatic rings. The summed E-state index contributed by atoms with van der Waals surface area (Å²) in [4.78, 5) is 14.5. The number of rotatable bonds is 3. The van der Waals surface area contributed by atoms with Crippen molar-refractivity contribution in [2.24, 2.45) is 0 Å². The number of aryl methyl sites for hydroxylation is 2. The summed E-state index contributed by atoms with van der Waals surface area (Å²) in [6.45, 7) is 2.38. The SMILES string of the molecule is COc1cc(C(=O)N2CCCc3cc(OC(F)(F)F)ccc32)ccc1C. The smallest absolute Gasteiger partial charge is 0.496 e. The number of halogens is 3. The number of benzene rings is 2. The van der Waals surface area contributed by atoms with Crippen LogP contribution < -0.4 is 14.4 Å². The molecule has 0 aliphatic carbocycles. The maximum atomic E-state index is 12.9. The van der Waals surface area contributed by atoms with Crippen LogP contribution in [0.15, 0.2) is 36.4 Å². The second-order valence-electron chi connectivity index (χ2n) is 6.08. The van der Waals surface area contributed by atoms with Crippen molar-refractivity contribution < 1.29 is 27.4 Å². The average molecular weight is 365 g/mol. The van der Waals surface area contributed by atoms with E-state index in [0.717, 1.165) is 5.56 Å². The Hall–Kier alpha value is -2.70. The quantitative estimate of drug-likeness (QED) is 0.804. The molecule has 0 spiro atoms. The Labute approximate surface area is 149 Å². The van der Waals surface area contributed by atoms with E-state index in [-0.39, 0.29) is 11.7 Å². The lowest BCUT2D eigenvalue weighted by Gasteiger charge is -2.30. The summed E-state index contributed by atoms with van der Waals surface area (Å²) in [5.74, 6) is 0.123. The Morgan fingerprint density at radius 3 is 2.62 bits per heavy atom. The van der Waals surface area contributed by atoms with E-state index < -0.39 is 6.36 Å². The van der Waals surface area contributed by atoms with Gasteiger partial charge in [0, 0.05) is 17.8 Å². The van der Waals surface area contributed by atoms with Gasteiger partial charge in [-0.3, -0.25) is 4.79 Å². The molecule has 1 heterocycles. The van der Waals surface area contributed by atoms with Crippen LogP contribution in [-0.4, -0.2) is 25.9 Å². The first kappa shape index (κ1) is 18.1. The van der Waals surface area contributed by atoms with Crippen molar-refractivity contribution in [3.05, 3.63) is 53.1 Å². The normalized spacial score (nSPS) is 14.0. The zero-order chi connectivity index (χ0) is 18.9. The van der Waals surface area contributed by atoms with Crippen molar-refractivity contribution in [3.8, 4) is 11.5 Å². The molecule has 0 radical (unpaired) electrons. The Balaban J connectivity index is 1.90. The van der Waals surface area contributed by atoms with E-state index >= 15 is 0 Å². The van der Waals surface area contributed by atoms with Gasteiger partial charge in [-0.25, -0.2) is 0 Å². The lowest BCUT2D eigenvalue weighted by atomic mass is 10.00. The number of carbonyl (C=O) groups excluding carboxylic acids is 1. The fraction of sp³-hybridized carbons (Fsp3) is 0.316. The van der Waals surface area contributed by atoms with Crippen molar-refractivity contribution >= 4 is 11.6 Å². The number of hydrogen-bond acceptors (Lipinski definition) is 3. The van der Waals surface area contributed by atoms with Crippen LogP contribution in [0.4, 0.5) is 18.9 Å². The molecule has 7 heteroatoms. The number of methoxy groups -OCH3 is 1. The summed E-state index contributed by atoms with van der Waals surface area (Å²) in [5, 5.41) is 0. The van der Waals surface area contributed by atoms with Crippen LogP contribution in [0, 0.1) is 6.92 Å². The molecule has 2 aromatic rings. The molecule has 138 valence electrons. The van der Waals surface area contributed by atoms with Gasteiger partial charge in [0.25, 0.3) is 5.91 Å². The van der Waals surface area contributed by atoms with E-state index in [2.05, 4.69) is 4.74 Å². The molecular weight excluding hydrogens is 347 g/mol. The third-order valence-corrected chi connectivity index (χ3v) is 4.30. The predicted molar refractivity (Wildman–Crippen MR) is 90.9 cm³/mol. The molecule has 0 atom stereocenters. The van der Waals surface area contributed by atoms with Crippen LogP contribution >= 0.6 is 0 Å². The van der Waals surface area contributed by atoms with E-state index in [1.165, 1.54) is 25.3 Å². The van der Waals surface area contributed by atoms with Crippen LogP contribution in [0.1, 0.15) is 27.9 Å². The highest BCUT2D eigenvalue weighted by Crippen LogP contribution is 2.34. The number of hydrogen-bond donors (Lipinski definition) is 0. The second-order valence-corrected chi connectivity index (χ2v) is 6.08. The third kappa shape index (κ3) is 3.76. The van der Waals surface area contributed by atoms with Crippen LogP contribution in [0.5, 0.6) is 11.5 Å². The molecule has 1 amide bonds. The molecule has 4 nitrogen and oxygen atoms in total. The van der Waals surface area contributed by atoms with Gasteiger partial charge >= 0.3 is 6.36 Å². The van der Waals surface area contributed by atoms with E-state index in [1.807, 2.05) is 6.92 Å². The van der Waals surface area contributed by atoms with Crippen LogP contribution in [0.2, 0.25) is 0 Å². The lowest BCUT2D eigenvalue weighted by Crippen LogP contribution is -2.35. The zero-order valence-corrected chi connectivity index (χ0v) is 14.4. The first-order chi connectivity index (χ1) is 12.3. The Morgan fingerprint density at radius 2 is 1.92 bits per heavy atom. The number of ether oxygens (including phenoxy) is 2. The molecule has 0 N–H and O–H groups in total. The minimum atomic E-state index is -4.74. The highest BCUT2D eigenvalue weighted by Gasteiger charge is 2.32. The van der Waals surface area contributed by atoms with Crippen molar-refractivity contribution in [2.75, 3.05) is 18.6 Å². The number of nitrogens with zero attached hydrogens (tertiary/aromatic N) is 1. The topological polar surface area (TPSA) is 38.8 Å². The second kappa shape index (κ2) is 6.90. The summed E-state index contributed by atoms with van der Waals surface area (Å²) in [6, 6.07) is 9.27. The Bertz CT molecular complexity index is 833. The van der Waals surface area contributed by atoms with Gasteiger partial charge in [-0.05, 0) is 61.2 Å². The van der Waals surface area contributed by atoms with Gasteiger partial charge in [-0.2, -0.15) is 0 Å². The van der Waals surface area contributed by atoms with Crippen LogP contribution in [0.3, 0.4) is 0 Å². The average Bonchev–Trinajstić information content (AvgIpc) is 2.59. The van der Waals surface area contributed by atoms with Gasteiger partial charge in [-0.1, -0.05) is 6.07 Å². The summed E-state index contributed by atoms with van der Waals surface area (Å²) in [7, 11) is 1.54. The summed E-state index contributed by atoms with van der Waals surface area (Å²) in [5.41, 5.74) is 2.65. The fourth-order valence-electron chi connectivity index (χ4n) is 3.09. The first-order valence-electron chi connectivity index (χ1n) is 8.13. The Kier molecular flexibility index (Phi) is 4.80. The van der Waals surface area contributed by atoms with E-state index in [0.29, 0.717) is 42.0 Å². The molecule has 0 saturated carbocycles. The number of alkyl halides is 3. The van der Waals surface area contributed by atoms with E-state index in [9.17, 15) is 18.0 Å². The maximum Gasteiger partial charge on any atom is 0.573 e. The van der Waals surface area contributed by atoms with Gasteiger partial charge < -0.3 is 14.4 Å². The number of anilines is 1. The van der Waals surface area contributed by atoms with Crippen LogP contribution in [0.25, 0.3) is 0 Å². The molecule has 0 fully saturated rings. The first-order valence-corrected chi connectivity index (χ1v) is 8.13. The number of carbonyl (C=O) groups is 1. The minimum absolute atomic E-state index is 0.214. The van der Waals surface area contributed by atoms with Crippen molar-refractivity contribution in [1.82, 2.24) is 0 Å². The summed E-state index contributed by atoms with van der Waals surface area (Å²) >= 11 is 0. The third-order valence-electron chi connectivity index (χ3n) is 4.30. The molecule has 0 unspecified atom stereocenters. The highest BCUT2D eigenvalue weighted by atomic mass is 19.4. The van der Waals surface area contributed by atoms with E-state index in [1.54, 1.807) is 23.1 Å². The molecular formula is C19H18F3NO3. The van der Waals surface area contributed by atoms with Crippen LogP contribution in [-0.2, 0) is 6.42 Å². The Morgan fingerprint density at radius 1 is 1.15 bits per heavy atom. The van der Waals surface area contributed by atoms with Gasteiger partial charge in [0.1, 0.15) is 11.5 Å². The van der Waals surface area contributed by atoms with Gasteiger partial charge in [0.15, 0.2) is 0 Å². The molecule has 2 aromatic carbocycles. The monoisotopic (exact) mass is 365 g/mol. The summed E-state index contributed by atoms with van der Waals surface area (Å²) in [6.07, 6.45) is -3.49. The van der Waals surface area contributed by atoms with Crippen molar-refractivity contribution in [1.29, 1.82) is 0 Å². The number of fused-ring (bicyclic) bond motifs is 1. The van der Waals surface area contributed by atoms with Gasteiger partial charge in [0.2, 0.25) is 0 Å². The zero-order valence-electron chi connectivity index (χ0n) is 14.4. The van der Waals surface area contributed by atoms with Crippen molar-refractivity contribution in [2.45, 2.75) is 26.1 Å². The standard InChI is InChI=1S/C19H18F3NO3/c1-12-5-6-14(11-17(12)25-2)18(24)23-9-3-4-13-10-15(7-8-16(13)23)26-19(20,21)22/h5-8,10-11H,3-4,9H2,1-2H3. The highest BCUT2D eigenvalue weighted by molar-refractivity contribution is 6.07. The summed E-state index contributed by atoms with van der Waals surface area (Å²) < 4.78 is 46.4. The van der Waals surface area contributed by atoms with E-state index in [4.69, 9.17) is 4.74 Å².